The van der Waals surface area contributed by atoms with Crippen LogP contribution < -0.4 is 5.73 Å². The van der Waals surface area contributed by atoms with Crippen LogP contribution in [0.3, 0.4) is 0 Å². The van der Waals surface area contributed by atoms with Crippen molar-refractivity contribution < 1.29 is 0 Å². The van der Waals surface area contributed by atoms with E-state index in [9.17, 15) is 0 Å². The van der Waals surface area contributed by atoms with Crippen LogP contribution in [0.5, 0.6) is 0 Å². The molecule has 1 atom stereocenters. The molecule has 0 aromatic heterocycles. The van der Waals surface area contributed by atoms with Crippen molar-refractivity contribution in [3.8, 4) is 0 Å². The Morgan fingerprint density at radius 2 is 1.90 bits per heavy atom. The summed E-state index contributed by atoms with van der Waals surface area (Å²) in [6.07, 6.45) is 1.10. The van der Waals surface area contributed by atoms with Crippen molar-refractivity contribution in [3.05, 3.63) is 0 Å². The number of hydrogen-bond donors (Lipinski definition) is 1. The first-order valence-corrected chi connectivity index (χ1v) is 5.15. The van der Waals surface area contributed by atoms with Crippen LogP contribution in [0.1, 0.15) is 27.2 Å². The van der Waals surface area contributed by atoms with E-state index in [1.165, 1.54) is 5.75 Å². The van der Waals surface area contributed by atoms with E-state index in [0.29, 0.717) is 6.04 Å². The smallest absolute Gasteiger partial charge is 0.0127 e. The molecule has 0 saturated carbocycles. The second-order valence-corrected chi connectivity index (χ2v) is 4.17. The van der Waals surface area contributed by atoms with Crippen molar-refractivity contribution in [1.82, 2.24) is 0 Å². The molecule has 0 radical (unpaired) electrons. The number of nitrogens with two attached hydrogens (primary N) is 1. The Labute approximate surface area is 68.8 Å². The predicted molar refractivity (Wildman–Crippen MR) is 50.4 cm³/mol. The Hall–Kier alpha value is 0.310. The molecule has 0 aromatic rings. The minimum Gasteiger partial charge on any atom is -0.327 e. The third-order valence-corrected chi connectivity index (χ3v) is 2.87. The van der Waals surface area contributed by atoms with Gasteiger partial charge in [0.15, 0.2) is 0 Å². The molecule has 0 rings (SSSR count). The SMILES string of the molecule is CC[C@@H](N)CSCC(C)C. The van der Waals surface area contributed by atoms with Gasteiger partial charge in [-0.05, 0) is 18.1 Å². The first kappa shape index (κ1) is 10.3. The van der Waals surface area contributed by atoms with E-state index in [-0.39, 0.29) is 0 Å². The Bertz CT molecular complexity index is 73.7. The van der Waals surface area contributed by atoms with Crippen LogP contribution in [0.15, 0.2) is 0 Å². The van der Waals surface area contributed by atoms with Gasteiger partial charge in [-0.15, -0.1) is 0 Å². The van der Waals surface area contributed by atoms with Gasteiger partial charge in [-0.25, -0.2) is 0 Å². The van der Waals surface area contributed by atoms with Gasteiger partial charge in [-0.3, -0.25) is 0 Å². The zero-order chi connectivity index (χ0) is 7.98. The Balaban J connectivity index is 3.03. The Morgan fingerprint density at radius 3 is 2.30 bits per heavy atom. The second-order valence-electron chi connectivity index (χ2n) is 3.10. The largest absolute Gasteiger partial charge is 0.327 e. The molecule has 0 aliphatic rings. The lowest BCUT2D eigenvalue weighted by molar-refractivity contribution is 0.716. The highest BCUT2D eigenvalue weighted by Crippen LogP contribution is 2.08. The quantitative estimate of drug-likeness (QED) is 0.668. The van der Waals surface area contributed by atoms with E-state index in [0.717, 1.165) is 18.1 Å². The van der Waals surface area contributed by atoms with Crippen molar-refractivity contribution >= 4 is 11.8 Å². The summed E-state index contributed by atoms with van der Waals surface area (Å²) in [5, 5.41) is 0. The summed E-state index contributed by atoms with van der Waals surface area (Å²) in [5.41, 5.74) is 5.74. The lowest BCUT2D eigenvalue weighted by atomic mass is 10.3. The lowest BCUT2D eigenvalue weighted by Crippen LogP contribution is -2.21. The van der Waals surface area contributed by atoms with E-state index in [2.05, 4.69) is 20.8 Å². The van der Waals surface area contributed by atoms with Gasteiger partial charge in [0.1, 0.15) is 0 Å². The summed E-state index contributed by atoms with van der Waals surface area (Å²) < 4.78 is 0. The molecule has 0 fully saturated rings. The molecule has 0 aromatic carbocycles. The summed E-state index contributed by atoms with van der Waals surface area (Å²) in [4.78, 5) is 0. The highest BCUT2D eigenvalue weighted by molar-refractivity contribution is 7.99. The molecule has 0 spiro atoms. The minimum atomic E-state index is 0.406. The predicted octanol–water partition coefficient (Wildman–Crippen LogP) is 2.11. The van der Waals surface area contributed by atoms with Gasteiger partial charge in [0.25, 0.3) is 0 Å². The van der Waals surface area contributed by atoms with Crippen molar-refractivity contribution in [2.24, 2.45) is 11.7 Å². The molecule has 0 aliphatic heterocycles. The summed E-state index contributed by atoms with van der Waals surface area (Å²) in [6, 6.07) is 0.406. The Kier molecular flexibility index (Phi) is 6.24. The Morgan fingerprint density at radius 1 is 1.30 bits per heavy atom. The molecule has 0 heterocycles. The van der Waals surface area contributed by atoms with Crippen molar-refractivity contribution in [3.63, 3.8) is 0 Å². The molecular formula is C8H19NS. The maximum Gasteiger partial charge on any atom is 0.0127 e. The third-order valence-electron chi connectivity index (χ3n) is 1.31. The van der Waals surface area contributed by atoms with Crippen LogP contribution in [0.2, 0.25) is 0 Å². The van der Waals surface area contributed by atoms with Crippen LogP contribution in [0.25, 0.3) is 0 Å². The average Bonchev–Trinajstić information content (AvgIpc) is 1.87. The van der Waals surface area contributed by atoms with Gasteiger partial charge in [-0.2, -0.15) is 11.8 Å². The van der Waals surface area contributed by atoms with Gasteiger partial charge < -0.3 is 5.73 Å². The molecule has 1 nitrogen and oxygen atoms in total. The third kappa shape index (κ3) is 6.43. The van der Waals surface area contributed by atoms with Crippen LogP contribution in [0, 0.1) is 5.92 Å². The zero-order valence-electron chi connectivity index (χ0n) is 7.26. The fourth-order valence-electron chi connectivity index (χ4n) is 0.573. The average molecular weight is 161 g/mol. The summed E-state index contributed by atoms with van der Waals surface area (Å²) >= 11 is 1.97. The summed E-state index contributed by atoms with van der Waals surface area (Å²) in [5.74, 6) is 3.16. The highest BCUT2D eigenvalue weighted by Gasteiger charge is 1.99. The molecule has 62 valence electrons. The van der Waals surface area contributed by atoms with Gasteiger partial charge in [0.2, 0.25) is 0 Å². The second kappa shape index (κ2) is 6.05. The maximum atomic E-state index is 5.74. The number of thioether (sulfide) groups is 1. The molecule has 2 heteroatoms. The van der Waals surface area contributed by atoms with Crippen LogP contribution >= 0.6 is 11.8 Å². The van der Waals surface area contributed by atoms with Gasteiger partial charge in [-0.1, -0.05) is 20.8 Å². The molecule has 0 unspecified atom stereocenters. The molecule has 0 saturated heterocycles. The molecule has 0 bridgehead atoms. The first-order chi connectivity index (χ1) is 4.66. The van der Waals surface area contributed by atoms with E-state index in [1.807, 2.05) is 11.8 Å². The fourth-order valence-corrected chi connectivity index (χ4v) is 1.72. The molecule has 2 N–H and O–H groups in total. The van der Waals surface area contributed by atoms with Crippen LogP contribution in [0.4, 0.5) is 0 Å². The molecule has 10 heavy (non-hydrogen) atoms. The van der Waals surface area contributed by atoms with Crippen molar-refractivity contribution in [2.45, 2.75) is 33.2 Å². The van der Waals surface area contributed by atoms with Crippen molar-refractivity contribution in [1.29, 1.82) is 0 Å². The topological polar surface area (TPSA) is 26.0 Å². The fraction of sp³-hybridized carbons (Fsp3) is 1.00. The molecule has 0 amide bonds. The first-order valence-electron chi connectivity index (χ1n) is 4.00. The minimum absolute atomic E-state index is 0.406. The normalized spacial score (nSPS) is 14.1. The van der Waals surface area contributed by atoms with E-state index in [1.54, 1.807) is 0 Å². The molecular weight excluding hydrogens is 142 g/mol. The number of rotatable bonds is 5. The van der Waals surface area contributed by atoms with Crippen LogP contribution in [-0.2, 0) is 0 Å². The number of hydrogen-bond acceptors (Lipinski definition) is 2. The van der Waals surface area contributed by atoms with Crippen LogP contribution in [-0.4, -0.2) is 17.5 Å². The summed E-state index contributed by atoms with van der Waals surface area (Å²) in [6.45, 7) is 6.62. The van der Waals surface area contributed by atoms with E-state index < -0.39 is 0 Å². The monoisotopic (exact) mass is 161 g/mol. The zero-order valence-corrected chi connectivity index (χ0v) is 8.08. The highest BCUT2D eigenvalue weighted by atomic mass is 32.2. The lowest BCUT2D eigenvalue weighted by Gasteiger charge is -2.08. The van der Waals surface area contributed by atoms with Crippen molar-refractivity contribution in [2.75, 3.05) is 11.5 Å². The van der Waals surface area contributed by atoms with Gasteiger partial charge in [0.05, 0.1) is 0 Å². The van der Waals surface area contributed by atoms with Gasteiger partial charge >= 0.3 is 0 Å². The standard InChI is InChI=1S/C8H19NS/c1-4-8(9)6-10-5-7(2)3/h7-8H,4-6,9H2,1-3H3/t8-/m1/s1. The van der Waals surface area contributed by atoms with E-state index in [4.69, 9.17) is 5.73 Å². The molecule has 0 aliphatic carbocycles. The van der Waals surface area contributed by atoms with Gasteiger partial charge in [0, 0.05) is 11.8 Å². The maximum absolute atomic E-state index is 5.74. The summed E-state index contributed by atoms with van der Waals surface area (Å²) in [7, 11) is 0. The van der Waals surface area contributed by atoms with E-state index >= 15 is 0 Å².